The minimum atomic E-state index is -0.413. The molecule has 3 aromatic rings. The van der Waals surface area contributed by atoms with Gasteiger partial charge in [0.2, 0.25) is 5.89 Å². The van der Waals surface area contributed by atoms with Crippen molar-refractivity contribution in [2.24, 2.45) is 0 Å². The van der Waals surface area contributed by atoms with Crippen LogP contribution in [-0.4, -0.2) is 12.1 Å². The molecule has 0 saturated carbocycles. The van der Waals surface area contributed by atoms with Crippen LogP contribution in [-0.2, 0) is 5.41 Å². The predicted molar refractivity (Wildman–Crippen MR) is 91.0 cm³/mol. The van der Waals surface area contributed by atoms with Gasteiger partial charge in [0, 0.05) is 5.56 Å². The average Bonchev–Trinajstić information content (AvgIpc) is 2.53. The van der Waals surface area contributed by atoms with Gasteiger partial charge in [0.25, 0.3) is 0 Å². The third-order valence-electron chi connectivity index (χ3n) is 3.84. The lowest BCUT2D eigenvalue weighted by atomic mass is 9.87. The van der Waals surface area contributed by atoms with Gasteiger partial charge >= 0.3 is 5.63 Å². The fourth-order valence-corrected chi connectivity index (χ4v) is 2.47. The Morgan fingerprint density at radius 3 is 2.35 bits per heavy atom. The van der Waals surface area contributed by atoms with E-state index < -0.39 is 5.63 Å². The number of benzene rings is 2. The fourth-order valence-electron chi connectivity index (χ4n) is 2.47. The van der Waals surface area contributed by atoms with E-state index in [1.165, 1.54) is 5.56 Å². The van der Waals surface area contributed by atoms with E-state index in [0.717, 1.165) is 5.56 Å². The summed E-state index contributed by atoms with van der Waals surface area (Å²) in [6.45, 7) is 6.46. The van der Waals surface area contributed by atoms with Gasteiger partial charge in [0.1, 0.15) is 11.3 Å². The van der Waals surface area contributed by atoms with Crippen LogP contribution in [0.3, 0.4) is 0 Å². The summed E-state index contributed by atoms with van der Waals surface area (Å²) in [5.74, 6) is 0.857. The molecule has 0 radical (unpaired) electrons. The second-order valence-electron chi connectivity index (χ2n) is 6.49. The Labute approximate surface area is 134 Å². The summed E-state index contributed by atoms with van der Waals surface area (Å²) in [4.78, 5) is 16.7. The first-order valence-corrected chi connectivity index (χ1v) is 7.49. The molecule has 0 amide bonds. The van der Waals surface area contributed by atoms with Crippen molar-refractivity contribution in [3.8, 4) is 17.2 Å². The molecule has 0 aliphatic carbocycles. The summed E-state index contributed by atoms with van der Waals surface area (Å²) in [6, 6.07) is 13.1. The van der Waals surface area contributed by atoms with Crippen LogP contribution in [0.5, 0.6) is 5.75 Å². The maximum absolute atomic E-state index is 12.2. The van der Waals surface area contributed by atoms with Crippen molar-refractivity contribution in [3.63, 3.8) is 0 Å². The van der Waals surface area contributed by atoms with Crippen LogP contribution in [0.2, 0.25) is 0 Å². The smallest absolute Gasteiger partial charge is 0.347 e. The molecule has 0 fully saturated rings. The molecule has 0 aliphatic rings. The SMILES string of the molecule is COc1cccc2c(=O)oc(-c3ccc(C(C)(C)C)cc3)nc12. The van der Waals surface area contributed by atoms with Crippen molar-refractivity contribution >= 4 is 10.9 Å². The molecule has 118 valence electrons. The molecule has 1 aromatic heterocycles. The molecular weight excluding hydrogens is 290 g/mol. The van der Waals surface area contributed by atoms with E-state index in [9.17, 15) is 4.79 Å². The lowest BCUT2D eigenvalue weighted by Crippen LogP contribution is -2.10. The van der Waals surface area contributed by atoms with Crippen molar-refractivity contribution in [1.82, 2.24) is 4.98 Å². The van der Waals surface area contributed by atoms with Gasteiger partial charge in [-0.25, -0.2) is 9.78 Å². The van der Waals surface area contributed by atoms with Gasteiger partial charge in [0.05, 0.1) is 12.5 Å². The highest BCUT2D eigenvalue weighted by atomic mass is 16.5. The topological polar surface area (TPSA) is 52.3 Å². The fraction of sp³-hybridized carbons (Fsp3) is 0.263. The molecule has 3 rings (SSSR count). The number of hydrogen-bond acceptors (Lipinski definition) is 4. The van der Waals surface area contributed by atoms with Gasteiger partial charge in [-0.2, -0.15) is 0 Å². The first-order chi connectivity index (χ1) is 10.9. The van der Waals surface area contributed by atoms with E-state index in [1.807, 2.05) is 24.3 Å². The Bertz CT molecular complexity index is 903. The summed E-state index contributed by atoms with van der Waals surface area (Å²) in [5.41, 5.74) is 2.15. The third-order valence-corrected chi connectivity index (χ3v) is 3.84. The quantitative estimate of drug-likeness (QED) is 0.713. The van der Waals surface area contributed by atoms with Crippen LogP contribution in [0, 0.1) is 0 Å². The minimum absolute atomic E-state index is 0.0689. The van der Waals surface area contributed by atoms with Crippen molar-refractivity contribution in [3.05, 3.63) is 58.4 Å². The third kappa shape index (κ3) is 2.84. The summed E-state index contributed by atoms with van der Waals surface area (Å²) in [7, 11) is 1.56. The van der Waals surface area contributed by atoms with E-state index >= 15 is 0 Å². The predicted octanol–water partition coefficient (Wildman–Crippen LogP) is 4.16. The van der Waals surface area contributed by atoms with E-state index in [-0.39, 0.29) is 5.41 Å². The number of rotatable bonds is 2. The Morgan fingerprint density at radius 1 is 1.04 bits per heavy atom. The zero-order valence-electron chi connectivity index (χ0n) is 13.7. The summed E-state index contributed by atoms with van der Waals surface area (Å²) >= 11 is 0. The molecule has 2 aromatic carbocycles. The maximum atomic E-state index is 12.2. The van der Waals surface area contributed by atoms with Crippen LogP contribution in [0.15, 0.2) is 51.7 Å². The molecule has 23 heavy (non-hydrogen) atoms. The lowest BCUT2D eigenvalue weighted by molar-refractivity contribution is 0.417. The van der Waals surface area contributed by atoms with Gasteiger partial charge in [-0.1, -0.05) is 39.0 Å². The molecule has 4 nitrogen and oxygen atoms in total. The van der Waals surface area contributed by atoms with Gasteiger partial charge < -0.3 is 9.15 Å². The summed E-state index contributed by atoms with van der Waals surface area (Å²) in [6.07, 6.45) is 0. The van der Waals surface area contributed by atoms with Crippen molar-refractivity contribution < 1.29 is 9.15 Å². The first-order valence-electron chi connectivity index (χ1n) is 7.49. The Morgan fingerprint density at radius 2 is 1.74 bits per heavy atom. The normalized spacial score (nSPS) is 11.7. The van der Waals surface area contributed by atoms with Gasteiger partial charge in [-0.15, -0.1) is 0 Å². The number of methoxy groups -OCH3 is 1. The molecular formula is C19H19NO3. The van der Waals surface area contributed by atoms with E-state index in [2.05, 4.69) is 25.8 Å². The Kier molecular flexibility index (Phi) is 3.68. The van der Waals surface area contributed by atoms with E-state index in [4.69, 9.17) is 9.15 Å². The molecule has 0 N–H and O–H groups in total. The Hall–Kier alpha value is -2.62. The van der Waals surface area contributed by atoms with Crippen LogP contribution < -0.4 is 10.4 Å². The largest absolute Gasteiger partial charge is 0.494 e. The van der Waals surface area contributed by atoms with Crippen LogP contribution in [0.4, 0.5) is 0 Å². The molecule has 1 heterocycles. The van der Waals surface area contributed by atoms with Crippen molar-refractivity contribution in [1.29, 1.82) is 0 Å². The number of nitrogens with zero attached hydrogens (tertiary/aromatic N) is 1. The number of aromatic nitrogens is 1. The zero-order chi connectivity index (χ0) is 16.6. The molecule has 0 saturated heterocycles. The average molecular weight is 309 g/mol. The monoisotopic (exact) mass is 309 g/mol. The number of hydrogen-bond donors (Lipinski definition) is 0. The maximum Gasteiger partial charge on any atom is 0.347 e. The van der Waals surface area contributed by atoms with Crippen LogP contribution in [0.25, 0.3) is 22.4 Å². The van der Waals surface area contributed by atoms with Gasteiger partial charge in [-0.05, 0) is 35.2 Å². The molecule has 0 bridgehead atoms. The molecule has 4 heteroatoms. The minimum Gasteiger partial charge on any atom is -0.494 e. The standard InChI is InChI=1S/C19H19NO3/c1-19(2,3)13-10-8-12(9-11-13)17-20-16-14(18(21)23-17)6-5-7-15(16)22-4/h5-11H,1-4H3. The highest BCUT2D eigenvalue weighted by molar-refractivity contribution is 5.84. The van der Waals surface area contributed by atoms with Gasteiger partial charge in [0.15, 0.2) is 0 Å². The molecule has 0 aliphatic heterocycles. The van der Waals surface area contributed by atoms with Crippen LogP contribution in [0.1, 0.15) is 26.3 Å². The summed E-state index contributed by atoms with van der Waals surface area (Å²) < 4.78 is 10.7. The summed E-state index contributed by atoms with van der Waals surface area (Å²) in [5, 5.41) is 0.416. The lowest BCUT2D eigenvalue weighted by Gasteiger charge is -2.18. The van der Waals surface area contributed by atoms with Crippen molar-refractivity contribution in [2.45, 2.75) is 26.2 Å². The molecule has 0 atom stereocenters. The van der Waals surface area contributed by atoms with E-state index in [0.29, 0.717) is 22.5 Å². The second-order valence-corrected chi connectivity index (χ2v) is 6.49. The number of fused-ring (bicyclic) bond motifs is 1. The number of para-hydroxylation sites is 1. The Balaban J connectivity index is 2.15. The second kappa shape index (κ2) is 5.54. The van der Waals surface area contributed by atoms with E-state index in [1.54, 1.807) is 25.3 Å². The highest BCUT2D eigenvalue weighted by Gasteiger charge is 2.15. The van der Waals surface area contributed by atoms with Crippen molar-refractivity contribution in [2.75, 3.05) is 7.11 Å². The zero-order valence-corrected chi connectivity index (χ0v) is 13.7. The van der Waals surface area contributed by atoms with Gasteiger partial charge in [-0.3, -0.25) is 0 Å². The first kappa shape index (κ1) is 15.3. The molecule has 0 unspecified atom stereocenters. The van der Waals surface area contributed by atoms with Crippen LogP contribution >= 0.6 is 0 Å². The number of ether oxygens (including phenoxy) is 1. The highest BCUT2D eigenvalue weighted by Crippen LogP contribution is 2.27. The molecule has 0 spiro atoms.